The van der Waals surface area contributed by atoms with Gasteiger partial charge in [-0.3, -0.25) is 24.3 Å². The van der Waals surface area contributed by atoms with Crippen molar-refractivity contribution in [3.05, 3.63) is 39.9 Å². The number of aryl methyl sites for hydroxylation is 1. The number of nitrogens with zero attached hydrogens (tertiary/aromatic N) is 2. The van der Waals surface area contributed by atoms with E-state index >= 15 is 0 Å². The lowest BCUT2D eigenvalue weighted by atomic mass is 10.1. The zero-order valence-electron chi connectivity index (χ0n) is 16.9. The molecule has 154 valence electrons. The molecular weight excluding hydrogens is 376 g/mol. The molecule has 0 aliphatic carbocycles. The van der Waals surface area contributed by atoms with Crippen molar-refractivity contribution in [1.82, 2.24) is 20.2 Å². The molecule has 0 radical (unpaired) electrons. The number of piperidine rings is 1. The largest absolute Gasteiger partial charge is 0.444 e. The van der Waals surface area contributed by atoms with Crippen LogP contribution in [0.15, 0.2) is 23.0 Å². The number of amides is 3. The third-order valence-electron chi connectivity index (χ3n) is 4.50. The normalized spacial score (nSPS) is 17.2. The number of alkyl carbamates (subject to hydrolysis) is 1. The van der Waals surface area contributed by atoms with Crippen LogP contribution in [0.1, 0.15) is 51.0 Å². The Morgan fingerprint density at radius 2 is 2.03 bits per heavy atom. The number of aromatic nitrogens is 2. The number of carbonyl (C=O) groups excluding carboxylic acids is 3. The van der Waals surface area contributed by atoms with Gasteiger partial charge in [0.15, 0.2) is 0 Å². The summed E-state index contributed by atoms with van der Waals surface area (Å²) >= 11 is 0. The second-order valence-electron chi connectivity index (χ2n) is 8.01. The van der Waals surface area contributed by atoms with Crippen molar-refractivity contribution in [1.29, 1.82) is 0 Å². The molecule has 1 aliphatic heterocycles. The van der Waals surface area contributed by atoms with Gasteiger partial charge in [0, 0.05) is 13.0 Å². The number of hydrogen-bond donors (Lipinski definition) is 2. The molecule has 1 saturated heterocycles. The fourth-order valence-corrected chi connectivity index (χ4v) is 3.25. The summed E-state index contributed by atoms with van der Waals surface area (Å²) in [7, 11) is 0. The predicted octanol–water partition coefficient (Wildman–Crippen LogP) is 1.71. The highest BCUT2D eigenvalue weighted by Crippen LogP contribution is 2.20. The lowest BCUT2D eigenvalue weighted by Gasteiger charge is -2.24. The molecule has 1 fully saturated rings. The maximum absolute atomic E-state index is 13.0. The molecule has 9 heteroatoms. The van der Waals surface area contributed by atoms with E-state index in [2.05, 4.69) is 15.6 Å². The molecule has 3 amide bonds. The number of benzene rings is 1. The van der Waals surface area contributed by atoms with Crippen LogP contribution in [-0.4, -0.2) is 33.1 Å². The van der Waals surface area contributed by atoms with Crippen LogP contribution in [0.4, 0.5) is 4.79 Å². The number of fused-ring (bicyclic) bond motifs is 1. The van der Waals surface area contributed by atoms with Crippen molar-refractivity contribution in [2.45, 2.75) is 58.7 Å². The number of hydrogen-bond acceptors (Lipinski definition) is 6. The lowest BCUT2D eigenvalue weighted by Crippen LogP contribution is -2.45. The fraction of sp³-hybridized carbons (Fsp3) is 0.450. The Bertz CT molecular complexity index is 1050. The summed E-state index contributed by atoms with van der Waals surface area (Å²) in [5.41, 5.74) is 0.300. The standard InChI is InChI=1S/C20H24N4O5/c1-11-22-14-9-12(10-21-19(28)29-20(2,3)4)5-6-13(14)18(27)24(11)15-7-8-16(25)23-17(15)26/h5-6,9,15H,7-8,10H2,1-4H3,(H,21,28)(H,23,25,26)/t15-/m0/s1. The Morgan fingerprint density at radius 1 is 1.31 bits per heavy atom. The third-order valence-corrected chi connectivity index (χ3v) is 4.50. The average Bonchev–Trinajstić information content (AvgIpc) is 2.60. The Labute approximate surface area is 167 Å². The molecule has 3 rings (SSSR count). The van der Waals surface area contributed by atoms with Crippen LogP contribution in [0, 0.1) is 6.92 Å². The molecule has 1 aliphatic rings. The van der Waals surface area contributed by atoms with Gasteiger partial charge >= 0.3 is 6.09 Å². The summed E-state index contributed by atoms with van der Waals surface area (Å²) in [4.78, 5) is 52.8. The molecular formula is C20H24N4O5. The summed E-state index contributed by atoms with van der Waals surface area (Å²) in [6.45, 7) is 7.21. The summed E-state index contributed by atoms with van der Waals surface area (Å²) in [6, 6.07) is 4.30. The van der Waals surface area contributed by atoms with Crippen LogP contribution in [0.25, 0.3) is 10.9 Å². The van der Waals surface area contributed by atoms with Gasteiger partial charge in [0.25, 0.3) is 5.56 Å². The van der Waals surface area contributed by atoms with E-state index in [4.69, 9.17) is 4.74 Å². The van der Waals surface area contributed by atoms with Gasteiger partial charge in [0.05, 0.1) is 10.9 Å². The van der Waals surface area contributed by atoms with Gasteiger partial charge in [-0.2, -0.15) is 0 Å². The number of imide groups is 1. The van der Waals surface area contributed by atoms with E-state index in [0.717, 1.165) is 5.56 Å². The minimum atomic E-state index is -0.759. The van der Waals surface area contributed by atoms with Gasteiger partial charge in [-0.25, -0.2) is 9.78 Å². The molecule has 29 heavy (non-hydrogen) atoms. The zero-order valence-corrected chi connectivity index (χ0v) is 16.9. The van der Waals surface area contributed by atoms with Gasteiger partial charge in [-0.15, -0.1) is 0 Å². The van der Waals surface area contributed by atoms with E-state index in [0.29, 0.717) is 16.7 Å². The Balaban J connectivity index is 1.86. The summed E-state index contributed by atoms with van der Waals surface area (Å²) in [6.07, 6.45) is -0.0958. The van der Waals surface area contributed by atoms with Crippen molar-refractivity contribution in [3.8, 4) is 0 Å². The first-order valence-electron chi connectivity index (χ1n) is 9.37. The van der Waals surface area contributed by atoms with E-state index in [1.165, 1.54) is 4.57 Å². The first-order valence-corrected chi connectivity index (χ1v) is 9.37. The van der Waals surface area contributed by atoms with Crippen molar-refractivity contribution >= 4 is 28.8 Å². The molecule has 0 saturated carbocycles. The van der Waals surface area contributed by atoms with Gasteiger partial charge in [0.2, 0.25) is 11.8 Å². The van der Waals surface area contributed by atoms with E-state index < -0.39 is 23.6 Å². The predicted molar refractivity (Wildman–Crippen MR) is 105 cm³/mol. The van der Waals surface area contributed by atoms with Crippen molar-refractivity contribution in [3.63, 3.8) is 0 Å². The molecule has 0 bridgehead atoms. The zero-order chi connectivity index (χ0) is 21.3. The minimum Gasteiger partial charge on any atom is -0.444 e. The van der Waals surface area contributed by atoms with Crippen LogP contribution in [0.2, 0.25) is 0 Å². The van der Waals surface area contributed by atoms with Gasteiger partial charge in [-0.05, 0) is 51.8 Å². The van der Waals surface area contributed by atoms with Crippen LogP contribution in [0.3, 0.4) is 0 Å². The van der Waals surface area contributed by atoms with E-state index in [1.807, 2.05) is 0 Å². The molecule has 2 N–H and O–H groups in total. The maximum Gasteiger partial charge on any atom is 0.407 e. The first kappa shape index (κ1) is 20.5. The molecule has 9 nitrogen and oxygen atoms in total. The highest BCUT2D eigenvalue weighted by molar-refractivity contribution is 5.99. The smallest absolute Gasteiger partial charge is 0.407 e. The summed E-state index contributed by atoms with van der Waals surface area (Å²) < 4.78 is 6.54. The molecule has 1 aromatic carbocycles. The number of carbonyl (C=O) groups is 3. The van der Waals surface area contributed by atoms with Crippen LogP contribution in [0.5, 0.6) is 0 Å². The Hall–Kier alpha value is -3.23. The van der Waals surface area contributed by atoms with E-state index in [9.17, 15) is 19.2 Å². The third kappa shape index (κ3) is 4.61. The molecule has 1 aromatic heterocycles. The lowest BCUT2D eigenvalue weighted by molar-refractivity contribution is -0.135. The molecule has 0 unspecified atom stereocenters. The number of nitrogens with one attached hydrogen (secondary N) is 2. The van der Waals surface area contributed by atoms with Gasteiger partial charge in [0.1, 0.15) is 17.5 Å². The monoisotopic (exact) mass is 400 g/mol. The Morgan fingerprint density at radius 3 is 2.69 bits per heavy atom. The SMILES string of the molecule is Cc1nc2cc(CNC(=O)OC(C)(C)C)ccc2c(=O)n1[C@H]1CCC(=O)NC1=O. The van der Waals surface area contributed by atoms with E-state index in [-0.39, 0.29) is 30.9 Å². The van der Waals surface area contributed by atoms with E-state index in [1.54, 1.807) is 45.9 Å². The second kappa shape index (κ2) is 7.65. The van der Waals surface area contributed by atoms with Crippen LogP contribution in [-0.2, 0) is 20.9 Å². The van der Waals surface area contributed by atoms with Gasteiger partial charge < -0.3 is 10.1 Å². The number of rotatable bonds is 3. The quantitative estimate of drug-likeness (QED) is 0.757. The van der Waals surface area contributed by atoms with Crippen molar-refractivity contribution in [2.75, 3.05) is 0 Å². The highest BCUT2D eigenvalue weighted by atomic mass is 16.6. The summed E-state index contributed by atoms with van der Waals surface area (Å²) in [5, 5.41) is 5.29. The van der Waals surface area contributed by atoms with Crippen LogP contribution >= 0.6 is 0 Å². The van der Waals surface area contributed by atoms with Crippen molar-refractivity contribution < 1.29 is 19.1 Å². The number of ether oxygens (including phenoxy) is 1. The minimum absolute atomic E-state index is 0.176. The summed E-state index contributed by atoms with van der Waals surface area (Å²) in [5.74, 6) is -0.451. The molecule has 2 heterocycles. The Kier molecular flexibility index (Phi) is 5.41. The molecule has 0 spiro atoms. The average molecular weight is 400 g/mol. The van der Waals surface area contributed by atoms with Crippen LogP contribution < -0.4 is 16.2 Å². The first-order chi connectivity index (χ1) is 13.5. The second-order valence-corrected chi connectivity index (χ2v) is 8.01. The molecule has 1 atom stereocenters. The van der Waals surface area contributed by atoms with Gasteiger partial charge in [-0.1, -0.05) is 6.07 Å². The maximum atomic E-state index is 13.0. The fourth-order valence-electron chi connectivity index (χ4n) is 3.25. The topological polar surface area (TPSA) is 119 Å². The highest BCUT2D eigenvalue weighted by Gasteiger charge is 2.30. The van der Waals surface area contributed by atoms with Crippen molar-refractivity contribution in [2.24, 2.45) is 0 Å². The molecule has 2 aromatic rings.